The zero-order valence-corrected chi connectivity index (χ0v) is 13.6. The van der Waals surface area contributed by atoms with Crippen molar-refractivity contribution in [3.8, 4) is 6.07 Å². The molecule has 0 N–H and O–H groups in total. The largest absolute Gasteiger partial charge is 0.291 e. The SMILES string of the molecule is N#CC1CCCCC1N(Cc1ccccc1)Cc1ccccc1. The van der Waals surface area contributed by atoms with Gasteiger partial charge in [0.1, 0.15) is 0 Å². The molecule has 3 rings (SSSR count). The van der Waals surface area contributed by atoms with Crippen LogP contribution < -0.4 is 0 Å². The van der Waals surface area contributed by atoms with Crippen molar-refractivity contribution in [3.05, 3.63) is 71.8 Å². The van der Waals surface area contributed by atoms with Crippen LogP contribution in [0.5, 0.6) is 0 Å². The Balaban J connectivity index is 1.81. The number of rotatable bonds is 5. The van der Waals surface area contributed by atoms with E-state index in [1.54, 1.807) is 0 Å². The maximum atomic E-state index is 9.57. The highest BCUT2D eigenvalue weighted by atomic mass is 15.2. The molecule has 2 unspecified atom stereocenters. The highest BCUT2D eigenvalue weighted by molar-refractivity contribution is 5.18. The minimum Gasteiger partial charge on any atom is -0.291 e. The monoisotopic (exact) mass is 304 g/mol. The molecule has 0 saturated heterocycles. The molecule has 2 atom stereocenters. The topological polar surface area (TPSA) is 27.0 Å². The molecule has 2 aromatic carbocycles. The first-order valence-electron chi connectivity index (χ1n) is 8.58. The fourth-order valence-electron chi connectivity index (χ4n) is 3.63. The number of benzene rings is 2. The van der Waals surface area contributed by atoms with E-state index in [4.69, 9.17) is 0 Å². The van der Waals surface area contributed by atoms with Crippen molar-refractivity contribution in [3.63, 3.8) is 0 Å². The smallest absolute Gasteiger partial charge is 0.0672 e. The Bertz CT molecular complexity index is 588. The molecule has 1 aliphatic rings. The van der Waals surface area contributed by atoms with Crippen LogP contribution in [0.1, 0.15) is 36.8 Å². The molecular weight excluding hydrogens is 280 g/mol. The number of nitrogens with zero attached hydrogens (tertiary/aromatic N) is 2. The Labute approximate surface area is 139 Å². The molecule has 2 heteroatoms. The predicted octanol–water partition coefficient (Wildman–Crippen LogP) is 4.77. The number of nitriles is 1. The summed E-state index contributed by atoms with van der Waals surface area (Å²) in [4.78, 5) is 2.51. The molecule has 0 heterocycles. The minimum absolute atomic E-state index is 0.163. The van der Waals surface area contributed by atoms with Gasteiger partial charge in [0.25, 0.3) is 0 Å². The van der Waals surface area contributed by atoms with Gasteiger partial charge in [-0.2, -0.15) is 5.26 Å². The van der Waals surface area contributed by atoms with Gasteiger partial charge < -0.3 is 0 Å². The third-order valence-corrected chi connectivity index (χ3v) is 4.82. The molecular formula is C21H24N2. The van der Waals surface area contributed by atoms with E-state index in [2.05, 4.69) is 71.6 Å². The van der Waals surface area contributed by atoms with Crippen molar-refractivity contribution in [2.45, 2.75) is 44.8 Å². The highest BCUT2D eigenvalue weighted by Gasteiger charge is 2.30. The van der Waals surface area contributed by atoms with Crippen LogP contribution in [0.2, 0.25) is 0 Å². The molecule has 23 heavy (non-hydrogen) atoms. The zero-order chi connectivity index (χ0) is 15.9. The highest BCUT2D eigenvalue weighted by Crippen LogP contribution is 2.30. The molecule has 2 aromatic rings. The number of hydrogen-bond acceptors (Lipinski definition) is 2. The lowest BCUT2D eigenvalue weighted by atomic mass is 9.84. The maximum Gasteiger partial charge on any atom is 0.0672 e. The Morgan fingerprint density at radius 3 is 1.87 bits per heavy atom. The fourth-order valence-corrected chi connectivity index (χ4v) is 3.63. The second-order valence-corrected chi connectivity index (χ2v) is 6.46. The van der Waals surface area contributed by atoms with Crippen LogP contribution in [0.4, 0.5) is 0 Å². The summed E-state index contributed by atoms with van der Waals surface area (Å²) < 4.78 is 0. The van der Waals surface area contributed by atoms with E-state index in [0.29, 0.717) is 6.04 Å². The average molecular weight is 304 g/mol. The quantitative estimate of drug-likeness (QED) is 0.795. The molecule has 118 valence electrons. The summed E-state index contributed by atoms with van der Waals surface area (Å²) in [5.41, 5.74) is 2.65. The Morgan fingerprint density at radius 2 is 1.35 bits per heavy atom. The van der Waals surface area contributed by atoms with Crippen molar-refractivity contribution in [2.24, 2.45) is 5.92 Å². The van der Waals surface area contributed by atoms with E-state index in [9.17, 15) is 5.26 Å². The number of hydrogen-bond donors (Lipinski definition) is 0. The predicted molar refractivity (Wildman–Crippen MR) is 93.5 cm³/mol. The van der Waals surface area contributed by atoms with Gasteiger partial charge in [0.15, 0.2) is 0 Å². The third-order valence-electron chi connectivity index (χ3n) is 4.82. The van der Waals surface area contributed by atoms with Gasteiger partial charge in [0, 0.05) is 19.1 Å². The van der Waals surface area contributed by atoms with Gasteiger partial charge in [-0.05, 0) is 24.0 Å². The maximum absolute atomic E-state index is 9.57. The van der Waals surface area contributed by atoms with Crippen molar-refractivity contribution in [1.82, 2.24) is 4.90 Å². The minimum atomic E-state index is 0.163. The lowest BCUT2D eigenvalue weighted by Gasteiger charge is -2.37. The van der Waals surface area contributed by atoms with Gasteiger partial charge in [-0.25, -0.2) is 0 Å². The van der Waals surface area contributed by atoms with Gasteiger partial charge in [-0.15, -0.1) is 0 Å². The molecule has 1 fully saturated rings. The van der Waals surface area contributed by atoms with E-state index in [0.717, 1.165) is 25.9 Å². The molecule has 0 radical (unpaired) electrons. The Hall–Kier alpha value is -2.11. The van der Waals surface area contributed by atoms with Crippen molar-refractivity contribution in [1.29, 1.82) is 5.26 Å². The third kappa shape index (κ3) is 4.21. The van der Waals surface area contributed by atoms with Gasteiger partial charge in [-0.3, -0.25) is 4.90 Å². The zero-order valence-electron chi connectivity index (χ0n) is 13.6. The standard InChI is InChI=1S/C21H24N2/c22-15-20-13-7-8-14-21(20)23(16-18-9-3-1-4-10-18)17-19-11-5-2-6-12-19/h1-6,9-12,20-21H,7-8,13-14,16-17H2. The van der Waals surface area contributed by atoms with E-state index >= 15 is 0 Å². The van der Waals surface area contributed by atoms with Gasteiger partial charge in [-0.1, -0.05) is 73.5 Å². The molecule has 1 saturated carbocycles. The molecule has 0 bridgehead atoms. The molecule has 0 aliphatic heterocycles. The molecule has 0 aromatic heterocycles. The summed E-state index contributed by atoms with van der Waals surface area (Å²) in [5.74, 6) is 0.163. The summed E-state index contributed by atoms with van der Waals surface area (Å²) in [6.07, 6.45) is 4.61. The van der Waals surface area contributed by atoms with Crippen LogP contribution in [0.15, 0.2) is 60.7 Å². The summed E-state index contributed by atoms with van der Waals surface area (Å²) in [6, 6.07) is 24.2. The van der Waals surface area contributed by atoms with Crippen LogP contribution >= 0.6 is 0 Å². The van der Waals surface area contributed by atoms with E-state index in [1.165, 1.54) is 24.0 Å². The van der Waals surface area contributed by atoms with E-state index < -0.39 is 0 Å². The van der Waals surface area contributed by atoms with Crippen LogP contribution in [0.3, 0.4) is 0 Å². The lowest BCUT2D eigenvalue weighted by molar-refractivity contribution is 0.112. The van der Waals surface area contributed by atoms with E-state index in [1.807, 2.05) is 0 Å². The average Bonchev–Trinajstić information content (AvgIpc) is 2.63. The van der Waals surface area contributed by atoms with Crippen LogP contribution in [0, 0.1) is 17.2 Å². The normalized spacial score (nSPS) is 21.0. The fraction of sp³-hybridized carbons (Fsp3) is 0.381. The summed E-state index contributed by atoms with van der Waals surface area (Å²) in [7, 11) is 0. The first-order valence-corrected chi connectivity index (χ1v) is 8.58. The van der Waals surface area contributed by atoms with Crippen LogP contribution in [-0.4, -0.2) is 10.9 Å². The van der Waals surface area contributed by atoms with Gasteiger partial charge in [0.05, 0.1) is 12.0 Å². The van der Waals surface area contributed by atoms with Gasteiger partial charge >= 0.3 is 0 Å². The Morgan fingerprint density at radius 1 is 0.826 bits per heavy atom. The van der Waals surface area contributed by atoms with Gasteiger partial charge in [0.2, 0.25) is 0 Å². The summed E-state index contributed by atoms with van der Waals surface area (Å²) in [6.45, 7) is 1.83. The molecule has 2 nitrogen and oxygen atoms in total. The van der Waals surface area contributed by atoms with E-state index in [-0.39, 0.29) is 5.92 Å². The van der Waals surface area contributed by atoms with Crippen LogP contribution in [0.25, 0.3) is 0 Å². The first-order chi connectivity index (χ1) is 11.4. The molecule has 0 amide bonds. The molecule has 0 spiro atoms. The van der Waals surface area contributed by atoms with Crippen LogP contribution in [-0.2, 0) is 13.1 Å². The van der Waals surface area contributed by atoms with Crippen molar-refractivity contribution >= 4 is 0 Å². The Kier molecular flexibility index (Phi) is 5.45. The summed E-state index contributed by atoms with van der Waals surface area (Å²) in [5, 5.41) is 9.57. The second kappa shape index (κ2) is 7.94. The molecule has 1 aliphatic carbocycles. The second-order valence-electron chi connectivity index (χ2n) is 6.46. The first kappa shape index (κ1) is 15.8. The summed E-state index contributed by atoms with van der Waals surface area (Å²) >= 11 is 0. The van der Waals surface area contributed by atoms with Crippen molar-refractivity contribution in [2.75, 3.05) is 0 Å². The lowest BCUT2D eigenvalue weighted by Crippen LogP contribution is -2.41. The van der Waals surface area contributed by atoms with Crippen molar-refractivity contribution < 1.29 is 0 Å².